The number of rotatable bonds is 1. The van der Waals surface area contributed by atoms with E-state index in [9.17, 15) is 4.39 Å². The van der Waals surface area contributed by atoms with Crippen molar-refractivity contribution in [2.45, 2.75) is 0 Å². The topological polar surface area (TPSA) is 29.5 Å². The van der Waals surface area contributed by atoms with E-state index >= 15 is 0 Å². The molecule has 0 aliphatic heterocycles. The Morgan fingerprint density at radius 3 is 2.90 bits per heavy atom. The highest BCUT2D eigenvalue weighted by Gasteiger charge is 2.00. The number of phenolic OH excluding ortho intramolecular Hbond substituents is 1. The van der Waals surface area contributed by atoms with E-state index in [1.54, 1.807) is 0 Å². The molecule has 1 aromatic carbocycles. The Hall–Kier alpha value is -1.25. The number of phenols is 1. The molecule has 3 heteroatoms. The Labute approximate surface area is 57.9 Å². The second-order valence-corrected chi connectivity index (χ2v) is 1.74. The minimum absolute atomic E-state index is 0.154. The van der Waals surface area contributed by atoms with Crippen LogP contribution in [0.4, 0.5) is 4.39 Å². The van der Waals surface area contributed by atoms with Gasteiger partial charge < -0.3 is 9.84 Å². The maximum absolute atomic E-state index is 12.2. The van der Waals surface area contributed by atoms with Gasteiger partial charge in [0.2, 0.25) is 0 Å². The normalized spacial score (nSPS) is 9.40. The van der Waals surface area contributed by atoms with Crippen molar-refractivity contribution in [2.24, 2.45) is 0 Å². The molecule has 0 aliphatic rings. The van der Waals surface area contributed by atoms with Crippen LogP contribution in [0.15, 0.2) is 12.1 Å². The third-order valence-corrected chi connectivity index (χ3v) is 1.05. The summed E-state index contributed by atoms with van der Waals surface area (Å²) in [6.45, 7) is 0. The molecule has 0 atom stereocenters. The number of hydrogen-bond donors (Lipinski definition) is 1. The van der Waals surface area contributed by atoms with Crippen molar-refractivity contribution >= 4 is 0 Å². The summed E-state index contributed by atoms with van der Waals surface area (Å²) in [6.07, 6.45) is 0. The molecule has 0 spiro atoms. The second kappa shape index (κ2) is 2.56. The van der Waals surface area contributed by atoms with Crippen molar-refractivity contribution in [3.63, 3.8) is 0 Å². The van der Waals surface area contributed by atoms with E-state index in [1.807, 2.05) is 0 Å². The lowest BCUT2D eigenvalue weighted by Crippen LogP contribution is -1.83. The lowest BCUT2D eigenvalue weighted by atomic mass is 10.3. The molecule has 0 aliphatic carbocycles. The minimum Gasteiger partial charge on any atom is -0.504 e. The second-order valence-electron chi connectivity index (χ2n) is 1.74. The van der Waals surface area contributed by atoms with Crippen LogP contribution < -0.4 is 4.74 Å². The molecule has 1 radical (unpaired) electrons. The van der Waals surface area contributed by atoms with E-state index in [2.05, 4.69) is 10.8 Å². The first kappa shape index (κ1) is 6.86. The van der Waals surface area contributed by atoms with Gasteiger partial charge in [0.05, 0.1) is 7.11 Å². The Morgan fingerprint density at radius 1 is 1.70 bits per heavy atom. The Bertz CT molecular complexity index is 235. The van der Waals surface area contributed by atoms with E-state index in [-0.39, 0.29) is 11.5 Å². The SMILES string of the molecule is COc1[c]cc(F)cc1O. The van der Waals surface area contributed by atoms with Crippen molar-refractivity contribution in [1.29, 1.82) is 0 Å². The Morgan fingerprint density at radius 2 is 2.40 bits per heavy atom. The molecule has 0 fully saturated rings. The third kappa shape index (κ3) is 1.18. The Kier molecular flexibility index (Phi) is 1.76. The number of hydrogen-bond acceptors (Lipinski definition) is 2. The highest BCUT2D eigenvalue weighted by atomic mass is 19.1. The van der Waals surface area contributed by atoms with Crippen LogP contribution in [-0.2, 0) is 0 Å². The van der Waals surface area contributed by atoms with Crippen LogP contribution in [0.5, 0.6) is 11.5 Å². The molecule has 53 valence electrons. The van der Waals surface area contributed by atoms with Crippen LogP contribution >= 0.6 is 0 Å². The molecule has 0 unspecified atom stereocenters. The summed E-state index contributed by atoms with van der Waals surface area (Å²) in [4.78, 5) is 0. The molecule has 0 saturated heterocycles. The van der Waals surface area contributed by atoms with E-state index in [4.69, 9.17) is 5.11 Å². The molecule has 1 aromatic rings. The van der Waals surface area contributed by atoms with Gasteiger partial charge in [-0.05, 0) is 6.07 Å². The largest absolute Gasteiger partial charge is 0.504 e. The first-order valence-electron chi connectivity index (χ1n) is 2.68. The molecule has 0 amide bonds. The Balaban J connectivity index is 3.07. The van der Waals surface area contributed by atoms with Crippen LogP contribution in [-0.4, -0.2) is 12.2 Å². The van der Waals surface area contributed by atoms with Crippen LogP contribution in [0.1, 0.15) is 0 Å². The fourth-order valence-corrected chi connectivity index (χ4v) is 0.610. The summed E-state index contributed by atoms with van der Waals surface area (Å²) in [6, 6.07) is 4.47. The number of aromatic hydroxyl groups is 1. The van der Waals surface area contributed by atoms with Crippen molar-refractivity contribution in [3.05, 3.63) is 24.0 Å². The van der Waals surface area contributed by atoms with Gasteiger partial charge in [0.25, 0.3) is 0 Å². The zero-order chi connectivity index (χ0) is 7.56. The van der Waals surface area contributed by atoms with Crippen LogP contribution in [0.2, 0.25) is 0 Å². The molecular weight excluding hydrogens is 135 g/mol. The van der Waals surface area contributed by atoms with Crippen LogP contribution in [0, 0.1) is 11.9 Å². The number of ether oxygens (including phenoxy) is 1. The van der Waals surface area contributed by atoms with Crippen LogP contribution in [0.25, 0.3) is 0 Å². The molecule has 10 heavy (non-hydrogen) atoms. The van der Waals surface area contributed by atoms with Gasteiger partial charge in [0, 0.05) is 12.1 Å². The lowest BCUT2D eigenvalue weighted by molar-refractivity contribution is 0.370. The predicted molar refractivity (Wildman–Crippen MR) is 33.5 cm³/mol. The van der Waals surface area contributed by atoms with Gasteiger partial charge in [-0.15, -0.1) is 0 Å². The maximum atomic E-state index is 12.2. The van der Waals surface area contributed by atoms with E-state index < -0.39 is 5.82 Å². The smallest absolute Gasteiger partial charge is 0.168 e. The van der Waals surface area contributed by atoms with Crippen molar-refractivity contribution in [1.82, 2.24) is 0 Å². The zero-order valence-electron chi connectivity index (χ0n) is 5.39. The quantitative estimate of drug-likeness (QED) is 0.639. The van der Waals surface area contributed by atoms with Gasteiger partial charge >= 0.3 is 0 Å². The van der Waals surface area contributed by atoms with Gasteiger partial charge in [0.1, 0.15) is 5.82 Å². The number of benzene rings is 1. The van der Waals surface area contributed by atoms with Gasteiger partial charge in [-0.3, -0.25) is 0 Å². The summed E-state index contributed by atoms with van der Waals surface area (Å²) >= 11 is 0. The summed E-state index contributed by atoms with van der Waals surface area (Å²) in [5.41, 5.74) is 0. The van der Waals surface area contributed by atoms with Gasteiger partial charge in [0.15, 0.2) is 11.5 Å². The summed E-state index contributed by atoms with van der Waals surface area (Å²) < 4.78 is 16.9. The molecule has 0 heterocycles. The number of methoxy groups -OCH3 is 1. The average molecular weight is 141 g/mol. The molecular formula is C7H6FO2. The third-order valence-electron chi connectivity index (χ3n) is 1.05. The highest BCUT2D eigenvalue weighted by Crippen LogP contribution is 2.24. The fourth-order valence-electron chi connectivity index (χ4n) is 0.610. The first-order valence-corrected chi connectivity index (χ1v) is 2.68. The molecule has 0 aromatic heterocycles. The molecule has 1 N–H and O–H groups in total. The molecule has 0 bridgehead atoms. The molecule has 2 nitrogen and oxygen atoms in total. The predicted octanol–water partition coefficient (Wildman–Crippen LogP) is 1.34. The van der Waals surface area contributed by atoms with Crippen molar-refractivity contribution in [3.8, 4) is 11.5 Å². The van der Waals surface area contributed by atoms with E-state index in [0.717, 1.165) is 12.1 Å². The minimum atomic E-state index is -0.529. The van der Waals surface area contributed by atoms with E-state index in [1.165, 1.54) is 7.11 Å². The maximum Gasteiger partial charge on any atom is 0.168 e. The monoisotopic (exact) mass is 141 g/mol. The van der Waals surface area contributed by atoms with Crippen molar-refractivity contribution in [2.75, 3.05) is 7.11 Å². The van der Waals surface area contributed by atoms with Crippen LogP contribution in [0.3, 0.4) is 0 Å². The summed E-state index contributed by atoms with van der Waals surface area (Å²) in [5.74, 6) is -0.609. The highest BCUT2D eigenvalue weighted by molar-refractivity contribution is 5.37. The van der Waals surface area contributed by atoms with Gasteiger partial charge in [-0.1, -0.05) is 0 Å². The van der Waals surface area contributed by atoms with E-state index in [0.29, 0.717) is 0 Å². The fraction of sp³-hybridized carbons (Fsp3) is 0.143. The average Bonchev–Trinajstić information content (AvgIpc) is 1.88. The van der Waals surface area contributed by atoms with Crippen molar-refractivity contribution < 1.29 is 14.2 Å². The standard InChI is InChI=1S/C7H6FO2/c1-10-7-3-2-5(8)4-6(7)9/h2,4,9H,1H3. The molecule has 1 rings (SSSR count). The lowest BCUT2D eigenvalue weighted by Gasteiger charge is -1.99. The molecule has 0 saturated carbocycles. The number of halogens is 1. The van der Waals surface area contributed by atoms with Gasteiger partial charge in [-0.25, -0.2) is 4.39 Å². The first-order chi connectivity index (χ1) is 4.74. The van der Waals surface area contributed by atoms with Gasteiger partial charge in [-0.2, -0.15) is 0 Å². The summed E-state index contributed by atoms with van der Waals surface area (Å²) in [5, 5.41) is 8.90. The summed E-state index contributed by atoms with van der Waals surface area (Å²) in [7, 11) is 1.38. The zero-order valence-corrected chi connectivity index (χ0v) is 5.39.